The smallest absolute Gasteiger partial charge is 0.136 e. The summed E-state index contributed by atoms with van der Waals surface area (Å²) in [5, 5.41) is 0. The van der Waals surface area contributed by atoms with Gasteiger partial charge in [0.05, 0.1) is 17.6 Å². The van der Waals surface area contributed by atoms with Gasteiger partial charge >= 0.3 is 0 Å². The highest BCUT2D eigenvalue weighted by molar-refractivity contribution is 5.75. The highest BCUT2D eigenvalue weighted by atomic mass is 16.5. The molecule has 0 amide bonds. The zero-order valence-corrected chi connectivity index (χ0v) is 13.9. The van der Waals surface area contributed by atoms with Gasteiger partial charge in [0.2, 0.25) is 0 Å². The number of hydrogen-bond donors (Lipinski definition) is 0. The monoisotopic (exact) mass is 322 g/mol. The Bertz CT molecular complexity index is 823. The normalized spacial score (nSPS) is 10.9. The van der Waals surface area contributed by atoms with Gasteiger partial charge in [-0.25, -0.2) is 4.98 Å². The number of para-hydroxylation sites is 3. The van der Waals surface area contributed by atoms with E-state index in [1.807, 2.05) is 42.5 Å². The molecule has 2 aromatic carbocycles. The molecule has 0 spiro atoms. The molecular weight excluding hydrogens is 300 g/mol. The molecule has 3 aromatic rings. The molecule has 24 heavy (non-hydrogen) atoms. The van der Waals surface area contributed by atoms with E-state index in [1.165, 1.54) is 0 Å². The minimum atomic E-state index is 0.488. The minimum absolute atomic E-state index is 0.488. The number of rotatable bonds is 8. The van der Waals surface area contributed by atoms with Gasteiger partial charge in [-0.2, -0.15) is 0 Å². The van der Waals surface area contributed by atoms with Crippen LogP contribution in [0.2, 0.25) is 0 Å². The molecule has 124 valence electrons. The Kier molecular flexibility index (Phi) is 5.29. The summed E-state index contributed by atoms with van der Waals surface area (Å²) < 4.78 is 13.4. The van der Waals surface area contributed by atoms with Gasteiger partial charge < -0.3 is 14.0 Å². The van der Waals surface area contributed by atoms with Crippen LogP contribution < -0.4 is 4.74 Å². The van der Waals surface area contributed by atoms with Crippen molar-refractivity contribution in [2.24, 2.45) is 0 Å². The quantitative estimate of drug-likeness (QED) is 0.588. The number of ether oxygens (including phenoxy) is 2. The maximum absolute atomic E-state index is 6.01. The summed E-state index contributed by atoms with van der Waals surface area (Å²) in [6.07, 6.45) is 2.70. The number of benzene rings is 2. The van der Waals surface area contributed by atoms with Crippen LogP contribution in [0.5, 0.6) is 5.75 Å². The molecule has 0 saturated carbocycles. The van der Waals surface area contributed by atoms with Crippen molar-refractivity contribution in [3.8, 4) is 5.75 Å². The molecule has 4 heteroatoms. The van der Waals surface area contributed by atoms with E-state index >= 15 is 0 Å². The highest BCUT2D eigenvalue weighted by Crippen LogP contribution is 2.20. The van der Waals surface area contributed by atoms with Crippen molar-refractivity contribution in [2.45, 2.75) is 19.6 Å². The summed E-state index contributed by atoms with van der Waals surface area (Å²) in [6, 6.07) is 16.2. The van der Waals surface area contributed by atoms with Gasteiger partial charge in [-0.15, -0.1) is 6.58 Å². The van der Waals surface area contributed by atoms with Gasteiger partial charge in [0, 0.05) is 7.11 Å². The fourth-order valence-electron chi connectivity index (χ4n) is 2.83. The van der Waals surface area contributed by atoms with Gasteiger partial charge in [0.1, 0.15) is 24.8 Å². The zero-order valence-electron chi connectivity index (χ0n) is 13.9. The Morgan fingerprint density at radius 1 is 1.12 bits per heavy atom. The van der Waals surface area contributed by atoms with Crippen LogP contribution in [-0.2, 0) is 24.3 Å². The average molecular weight is 322 g/mol. The molecule has 0 fully saturated rings. The van der Waals surface area contributed by atoms with Crippen LogP contribution in [0, 0.1) is 0 Å². The third kappa shape index (κ3) is 3.49. The third-order valence-electron chi connectivity index (χ3n) is 3.92. The molecule has 0 bridgehead atoms. The first-order valence-electron chi connectivity index (χ1n) is 8.08. The van der Waals surface area contributed by atoms with Gasteiger partial charge in [0.25, 0.3) is 0 Å². The van der Waals surface area contributed by atoms with E-state index in [0.717, 1.165) is 41.1 Å². The predicted octanol–water partition coefficient (Wildman–Crippen LogP) is 3.99. The molecule has 0 aliphatic heterocycles. The molecule has 0 unspecified atom stereocenters. The molecule has 0 saturated heterocycles. The lowest BCUT2D eigenvalue weighted by atomic mass is 10.1. The first-order chi connectivity index (χ1) is 11.8. The second kappa shape index (κ2) is 7.79. The first kappa shape index (κ1) is 16.3. The van der Waals surface area contributed by atoms with Gasteiger partial charge in [0.15, 0.2) is 0 Å². The molecule has 4 nitrogen and oxygen atoms in total. The second-order valence-corrected chi connectivity index (χ2v) is 5.55. The first-order valence-corrected chi connectivity index (χ1v) is 8.08. The molecular formula is C20H22N2O2. The molecule has 0 aliphatic rings. The van der Waals surface area contributed by atoms with Crippen molar-refractivity contribution in [1.82, 2.24) is 9.55 Å². The summed E-state index contributed by atoms with van der Waals surface area (Å²) in [6.45, 7) is 5.59. The predicted molar refractivity (Wildman–Crippen MR) is 96.3 cm³/mol. The number of imidazole rings is 1. The second-order valence-electron chi connectivity index (χ2n) is 5.55. The maximum atomic E-state index is 6.01. The maximum Gasteiger partial charge on any atom is 0.136 e. The largest absolute Gasteiger partial charge is 0.491 e. The van der Waals surface area contributed by atoms with E-state index in [0.29, 0.717) is 13.2 Å². The van der Waals surface area contributed by atoms with E-state index in [4.69, 9.17) is 9.47 Å². The van der Waals surface area contributed by atoms with Crippen LogP contribution in [0.25, 0.3) is 11.0 Å². The van der Waals surface area contributed by atoms with Gasteiger partial charge in [-0.1, -0.05) is 36.4 Å². The van der Waals surface area contributed by atoms with Crippen LogP contribution in [0.1, 0.15) is 11.4 Å². The Hall–Kier alpha value is -2.59. The van der Waals surface area contributed by atoms with Crippen molar-refractivity contribution in [1.29, 1.82) is 0 Å². The molecule has 1 heterocycles. The van der Waals surface area contributed by atoms with Crippen LogP contribution >= 0.6 is 0 Å². The van der Waals surface area contributed by atoms with Crippen LogP contribution in [-0.4, -0.2) is 23.3 Å². The summed E-state index contributed by atoms with van der Waals surface area (Å²) in [7, 11) is 1.69. The van der Waals surface area contributed by atoms with Crippen molar-refractivity contribution in [3.63, 3.8) is 0 Å². The Labute approximate surface area is 142 Å². The summed E-state index contributed by atoms with van der Waals surface area (Å²) in [4.78, 5) is 4.64. The average Bonchev–Trinajstić information content (AvgIpc) is 2.95. The standard InChI is InChI=1S/C20H22N2O2/c1-3-8-16-9-4-7-12-19(16)24-14-13-22-18-11-6-5-10-17(18)21-20(22)15-23-2/h3-7,9-12H,1,8,13-15H2,2H3. The van der Waals surface area contributed by atoms with Crippen molar-refractivity contribution in [3.05, 3.63) is 72.6 Å². The van der Waals surface area contributed by atoms with Crippen LogP contribution in [0.4, 0.5) is 0 Å². The molecule has 3 rings (SSSR count). The van der Waals surface area contributed by atoms with Gasteiger partial charge in [-0.05, 0) is 30.2 Å². The lowest BCUT2D eigenvalue weighted by Gasteiger charge is -2.12. The number of aromatic nitrogens is 2. The topological polar surface area (TPSA) is 36.3 Å². The fourth-order valence-corrected chi connectivity index (χ4v) is 2.83. The van der Waals surface area contributed by atoms with E-state index in [9.17, 15) is 0 Å². The molecule has 0 atom stereocenters. The molecule has 0 radical (unpaired) electrons. The number of methoxy groups -OCH3 is 1. The van der Waals surface area contributed by atoms with Crippen LogP contribution in [0.15, 0.2) is 61.2 Å². The van der Waals surface area contributed by atoms with E-state index < -0.39 is 0 Å². The van der Waals surface area contributed by atoms with Crippen molar-refractivity contribution < 1.29 is 9.47 Å². The number of allylic oxidation sites excluding steroid dienone is 1. The van der Waals surface area contributed by atoms with Crippen LogP contribution in [0.3, 0.4) is 0 Å². The number of nitrogens with zero attached hydrogens (tertiary/aromatic N) is 2. The van der Waals surface area contributed by atoms with Crippen molar-refractivity contribution >= 4 is 11.0 Å². The lowest BCUT2D eigenvalue weighted by molar-refractivity contribution is 0.173. The Morgan fingerprint density at radius 2 is 1.92 bits per heavy atom. The highest BCUT2D eigenvalue weighted by Gasteiger charge is 2.10. The van der Waals surface area contributed by atoms with E-state index in [-0.39, 0.29) is 0 Å². The summed E-state index contributed by atoms with van der Waals surface area (Å²) in [5.41, 5.74) is 3.24. The number of fused-ring (bicyclic) bond motifs is 1. The SMILES string of the molecule is C=CCc1ccccc1OCCn1c(COC)nc2ccccc21. The van der Waals surface area contributed by atoms with E-state index in [1.54, 1.807) is 7.11 Å². The lowest BCUT2D eigenvalue weighted by Crippen LogP contribution is -2.12. The zero-order chi connectivity index (χ0) is 16.8. The van der Waals surface area contributed by atoms with Gasteiger partial charge in [-0.3, -0.25) is 0 Å². The molecule has 0 aliphatic carbocycles. The van der Waals surface area contributed by atoms with Crippen molar-refractivity contribution in [2.75, 3.05) is 13.7 Å². The Morgan fingerprint density at radius 3 is 2.75 bits per heavy atom. The Balaban J connectivity index is 1.76. The summed E-state index contributed by atoms with van der Waals surface area (Å²) >= 11 is 0. The summed E-state index contributed by atoms with van der Waals surface area (Å²) in [5.74, 6) is 1.83. The minimum Gasteiger partial charge on any atom is -0.491 e. The molecule has 0 N–H and O–H groups in total. The molecule has 1 aromatic heterocycles. The third-order valence-corrected chi connectivity index (χ3v) is 3.92. The number of hydrogen-bond acceptors (Lipinski definition) is 3. The van der Waals surface area contributed by atoms with E-state index in [2.05, 4.69) is 28.3 Å². The fraction of sp³-hybridized carbons (Fsp3) is 0.250.